The fourth-order valence-electron chi connectivity index (χ4n) is 4.56. The van der Waals surface area contributed by atoms with Gasteiger partial charge in [0.05, 0.1) is 21.9 Å². The molecule has 2 aliphatic rings. The Bertz CT molecular complexity index is 1220. The molecule has 0 radical (unpaired) electrons. The van der Waals surface area contributed by atoms with Gasteiger partial charge in [0.15, 0.2) is 12.4 Å². The van der Waals surface area contributed by atoms with E-state index in [4.69, 9.17) is 21.3 Å². The lowest BCUT2D eigenvalue weighted by atomic mass is 9.88. The Balaban J connectivity index is 1.25. The second-order valence-corrected chi connectivity index (χ2v) is 8.86. The molecule has 164 valence electrons. The highest BCUT2D eigenvalue weighted by Crippen LogP contribution is 2.32. The molecule has 1 saturated heterocycles. The van der Waals surface area contributed by atoms with E-state index >= 15 is 0 Å². The molecule has 1 amide bonds. The molecule has 7 heteroatoms. The van der Waals surface area contributed by atoms with Crippen LogP contribution in [0.3, 0.4) is 0 Å². The minimum Gasteiger partial charge on any atom is -0.482 e. The van der Waals surface area contributed by atoms with Gasteiger partial charge in [-0.25, -0.2) is 4.98 Å². The van der Waals surface area contributed by atoms with Gasteiger partial charge in [-0.1, -0.05) is 29.8 Å². The van der Waals surface area contributed by atoms with E-state index in [1.54, 1.807) is 18.2 Å². The molecule has 0 saturated carbocycles. The van der Waals surface area contributed by atoms with Gasteiger partial charge in [-0.05, 0) is 62.7 Å². The topological polar surface area (TPSA) is 71.5 Å². The van der Waals surface area contributed by atoms with Crippen LogP contribution >= 0.6 is 11.6 Å². The molecule has 1 N–H and O–H groups in total. The number of hydrogen-bond acceptors (Lipinski definition) is 5. The number of hydrogen-bond donors (Lipinski definition) is 1. The Morgan fingerprint density at radius 3 is 2.81 bits per heavy atom. The van der Waals surface area contributed by atoms with Crippen LogP contribution in [0.2, 0.25) is 5.02 Å². The molecule has 1 fully saturated rings. The molecule has 6 nitrogen and oxygen atoms in total. The number of ketones is 1. The first-order valence-corrected chi connectivity index (χ1v) is 11.2. The lowest BCUT2D eigenvalue weighted by Gasteiger charge is -2.31. The van der Waals surface area contributed by atoms with E-state index in [9.17, 15) is 9.59 Å². The van der Waals surface area contributed by atoms with Gasteiger partial charge >= 0.3 is 0 Å². The lowest BCUT2D eigenvalue weighted by Crippen LogP contribution is -2.36. The van der Waals surface area contributed by atoms with Crippen molar-refractivity contribution in [2.75, 3.05) is 25.0 Å². The molecule has 5 rings (SSSR count). The number of halogens is 1. The van der Waals surface area contributed by atoms with E-state index in [1.165, 1.54) is 0 Å². The summed E-state index contributed by atoms with van der Waals surface area (Å²) < 4.78 is 5.38. The van der Waals surface area contributed by atoms with Crippen molar-refractivity contribution in [1.82, 2.24) is 9.88 Å². The molecule has 0 aliphatic carbocycles. The SMILES string of the molecule is Cc1c(Cl)c(CN2CCC(C(=O)c3ccc4c(c3)NC(=O)CO4)CC2)nc2ccccc12. The van der Waals surface area contributed by atoms with Gasteiger partial charge in [-0.3, -0.25) is 14.5 Å². The van der Waals surface area contributed by atoms with Crippen LogP contribution in [0, 0.1) is 12.8 Å². The second-order valence-electron chi connectivity index (χ2n) is 8.48. The summed E-state index contributed by atoms with van der Waals surface area (Å²) in [6.45, 7) is 4.34. The molecule has 0 bridgehead atoms. The third kappa shape index (κ3) is 3.96. The number of carbonyl (C=O) groups excluding carboxylic acids is 2. The minimum absolute atomic E-state index is 0.00829. The summed E-state index contributed by atoms with van der Waals surface area (Å²) >= 11 is 6.64. The summed E-state index contributed by atoms with van der Waals surface area (Å²) in [4.78, 5) is 31.7. The average Bonchev–Trinajstić information content (AvgIpc) is 2.82. The molecule has 1 aromatic heterocycles. The zero-order chi connectivity index (χ0) is 22.2. The predicted octanol–water partition coefficient (Wildman–Crippen LogP) is 4.62. The maximum absolute atomic E-state index is 13.1. The third-order valence-electron chi connectivity index (χ3n) is 6.37. The number of aryl methyl sites for hydroxylation is 1. The van der Waals surface area contributed by atoms with E-state index in [2.05, 4.69) is 10.2 Å². The fourth-order valence-corrected chi connectivity index (χ4v) is 4.76. The number of rotatable bonds is 4. The number of nitrogens with one attached hydrogen (secondary N) is 1. The quantitative estimate of drug-likeness (QED) is 0.588. The second kappa shape index (κ2) is 8.52. The van der Waals surface area contributed by atoms with Gasteiger partial charge in [0.2, 0.25) is 0 Å². The molecule has 0 spiro atoms. The van der Waals surface area contributed by atoms with E-state index in [-0.39, 0.29) is 24.2 Å². The number of nitrogens with zero attached hydrogens (tertiary/aromatic N) is 2. The number of para-hydroxylation sites is 1. The summed E-state index contributed by atoms with van der Waals surface area (Å²) in [7, 11) is 0. The van der Waals surface area contributed by atoms with Crippen LogP contribution in [0.1, 0.15) is 34.5 Å². The standard InChI is InChI=1S/C25H24ClN3O3/c1-15-18-4-2-3-5-19(18)27-21(24(15)26)13-29-10-8-16(9-11-29)25(31)17-6-7-22-20(12-17)28-23(30)14-32-22/h2-7,12,16H,8-11,13-14H2,1H3,(H,28,30). The predicted molar refractivity (Wildman–Crippen MR) is 124 cm³/mol. The van der Waals surface area contributed by atoms with E-state index in [0.29, 0.717) is 23.5 Å². The van der Waals surface area contributed by atoms with Crippen LogP contribution in [0.4, 0.5) is 5.69 Å². The number of anilines is 1. The number of pyridine rings is 1. The fraction of sp³-hybridized carbons (Fsp3) is 0.320. The van der Waals surface area contributed by atoms with Gasteiger partial charge in [-0.15, -0.1) is 0 Å². The number of likely N-dealkylation sites (tertiary alicyclic amines) is 1. The van der Waals surface area contributed by atoms with Crippen molar-refractivity contribution in [3.8, 4) is 5.75 Å². The Morgan fingerprint density at radius 2 is 2.00 bits per heavy atom. The summed E-state index contributed by atoms with van der Waals surface area (Å²) in [5, 5.41) is 4.57. The number of piperidine rings is 1. The van der Waals surface area contributed by atoms with Gasteiger partial charge in [-0.2, -0.15) is 0 Å². The van der Waals surface area contributed by atoms with E-state index in [1.807, 2.05) is 31.2 Å². The van der Waals surface area contributed by atoms with Crippen LogP contribution in [0.5, 0.6) is 5.75 Å². The number of Topliss-reactive ketones (excluding diaryl/α,β-unsaturated/α-hetero) is 1. The molecule has 32 heavy (non-hydrogen) atoms. The molecule has 2 aliphatic heterocycles. The summed E-state index contributed by atoms with van der Waals surface area (Å²) in [6.07, 6.45) is 1.56. The molecule has 0 atom stereocenters. The first-order chi connectivity index (χ1) is 15.5. The van der Waals surface area contributed by atoms with Crippen LogP contribution in [0.15, 0.2) is 42.5 Å². The van der Waals surface area contributed by atoms with Gasteiger partial charge in [0.25, 0.3) is 5.91 Å². The lowest BCUT2D eigenvalue weighted by molar-refractivity contribution is -0.118. The van der Waals surface area contributed by atoms with Crippen molar-refractivity contribution in [2.45, 2.75) is 26.3 Å². The summed E-state index contributed by atoms with van der Waals surface area (Å²) in [5.41, 5.74) is 4.08. The zero-order valence-electron chi connectivity index (χ0n) is 17.9. The summed E-state index contributed by atoms with van der Waals surface area (Å²) in [6, 6.07) is 13.3. The third-order valence-corrected chi connectivity index (χ3v) is 6.88. The van der Waals surface area contributed by atoms with Gasteiger partial charge < -0.3 is 10.1 Å². The van der Waals surface area contributed by atoms with Crippen molar-refractivity contribution in [2.24, 2.45) is 5.92 Å². The van der Waals surface area contributed by atoms with E-state index < -0.39 is 0 Å². The Labute approximate surface area is 191 Å². The normalized spacial score (nSPS) is 17.0. The number of ether oxygens (including phenoxy) is 1. The van der Waals surface area contributed by atoms with Gasteiger partial charge in [0, 0.05) is 23.4 Å². The molecule has 2 aromatic carbocycles. The summed E-state index contributed by atoms with van der Waals surface area (Å²) in [5.74, 6) is 0.480. The molecule has 3 aromatic rings. The zero-order valence-corrected chi connectivity index (χ0v) is 18.6. The number of amides is 1. The minimum atomic E-state index is -0.202. The number of aromatic nitrogens is 1. The highest BCUT2D eigenvalue weighted by molar-refractivity contribution is 6.32. The Kier molecular flexibility index (Phi) is 5.57. The van der Waals surface area contributed by atoms with Crippen LogP contribution in [-0.2, 0) is 11.3 Å². The van der Waals surface area contributed by atoms with Crippen LogP contribution in [0.25, 0.3) is 10.9 Å². The largest absolute Gasteiger partial charge is 0.482 e. The Hall–Kier alpha value is -2.96. The highest BCUT2D eigenvalue weighted by atomic mass is 35.5. The first kappa shape index (κ1) is 20.9. The van der Waals surface area contributed by atoms with Gasteiger partial charge in [0.1, 0.15) is 5.75 Å². The molecule has 0 unspecified atom stereocenters. The number of carbonyl (C=O) groups is 2. The van der Waals surface area contributed by atoms with Crippen molar-refractivity contribution >= 4 is 39.9 Å². The van der Waals surface area contributed by atoms with Crippen molar-refractivity contribution in [3.63, 3.8) is 0 Å². The van der Waals surface area contributed by atoms with Crippen LogP contribution < -0.4 is 10.1 Å². The van der Waals surface area contributed by atoms with Crippen molar-refractivity contribution in [3.05, 3.63) is 64.3 Å². The van der Waals surface area contributed by atoms with E-state index in [0.717, 1.165) is 53.1 Å². The molecular weight excluding hydrogens is 426 g/mol. The maximum Gasteiger partial charge on any atom is 0.262 e. The smallest absolute Gasteiger partial charge is 0.262 e. The molecule has 3 heterocycles. The monoisotopic (exact) mass is 449 g/mol. The van der Waals surface area contributed by atoms with Crippen molar-refractivity contribution in [1.29, 1.82) is 0 Å². The van der Waals surface area contributed by atoms with Crippen molar-refractivity contribution < 1.29 is 14.3 Å². The first-order valence-electron chi connectivity index (χ1n) is 10.9. The molecular formula is C25H24ClN3O3. The van der Waals surface area contributed by atoms with Crippen LogP contribution in [-0.4, -0.2) is 41.3 Å². The maximum atomic E-state index is 13.1. The average molecular weight is 450 g/mol. The Morgan fingerprint density at radius 1 is 1.22 bits per heavy atom. The number of benzene rings is 2. The number of fused-ring (bicyclic) bond motifs is 2. The highest BCUT2D eigenvalue weighted by Gasteiger charge is 2.28.